The van der Waals surface area contributed by atoms with Crippen LogP contribution in [0.4, 0.5) is 0 Å². The van der Waals surface area contributed by atoms with E-state index in [4.69, 9.17) is 17.4 Å². The van der Waals surface area contributed by atoms with Gasteiger partial charge in [0.2, 0.25) is 0 Å². The van der Waals surface area contributed by atoms with Crippen LogP contribution in [0.3, 0.4) is 0 Å². The zero-order valence-electron chi connectivity index (χ0n) is 9.90. The molecule has 18 heavy (non-hydrogen) atoms. The highest BCUT2D eigenvalue weighted by Crippen LogP contribution is 2.29. The monoisotopic (exact) mass is 328 g/mol. The lowest BCUT2D eigenvalue weighted by molar-refractivity contribution is 0.561. The van der Waals surface area contributed by atoms with Gasteiger partial charge in [-0.15, -0.1) is 0 Å². The first-order chi connectivity index (χ1) is 8.67. The van der Waals surface area contributed by atoms with Crippen LogP contribution in [0, 0.1) is 0 Å². The Labute approximate surface area is 119 Å². The lowest BCUT2D eigenvalue weighted by Gasteiger charge is -2.18. The van der Waals surface area contributed by atoms with E-state index in [0.717, 1.165) is 22.4 Å². The molecule has 0 spiro atoms. The summed E-state index contributed by atoms with van der Waals surface area (Å²) in [6.45, 7) is 2.89. The van der Waals surface area contributed by atoms with E-state index in [9.17, 15) is 0 Å². The van der Waals surface area contributed by atoms with Crippen LogP contribution in [0.1, 0.15) is 24.4 Å². The lowest BCUT2D eigenvalue weighted by atomic mass is 10.1. The fourth-order valence-electron chi connectivity index (χ4n) is 1.89. The highest BCUT2D eigenvalue weighted by Gasteiger charge is 2.19. The second-order valence-corrected chi connectivity index (χ2v) is 5.16. The molecule has 2 aromatic rings. The molecule has 0 radical (unpaired) electrons. The normalized spacial score (nSPS) is 12.7. The summed E-state index contributed by atoms with van der Waals surface area (Å²) in [5.74, 6) is 6.50. The van der Waals surface area contributed by atoms with Crippen LogP contribution in [0.15, 0.2) is 35.1 Å². The quantitative estimate of drug-likeness (QED) is 0.670. The van der Waals surface area contributed by atoms with Gasteiger partial charge < -0.3 is 4.57 Å². The molecule has 2 rings (SSSR count). The summed E-state index contributed by atoms with van der Waals surface area (Å²) in [7, 11) is 0. The van der Waals surface area contributed by atoms with Gasteiger partial charge >= 0.3 is 0 Å². The maximum Gasteiger partial charge on any atom is 0.131 e. The van der Waals surface area contributed by atoms with Crippen molar-refractivity contribution in [2.75, 3.05) is 0 Å². The predicted molar refractivity (Wildman–Crippen MR) is 76.2 cm³/mol. The van der Waals surface area contributed by atoms with Crippen molar-refractivity contribution in [2.45, 2.75) is 19.5 Å². The number of nitrogens with one attached hydrogen (secondary N) is 1. The second kappa shape index (κ2) is 5.84. The predicted octanol–water partition coefficient (Wildman–Crippen LogP) is 2.87. The van der Waals surface area contributed by atoms with Gasteiger partial charge in [0.1, 0.15) is 11.9 Å². The van der Waals surface area contributed by atoms with Crippen LogP contribution >= 0.6 is 27.5 Å². The van der Waals surface area contributed by atoms with Crippen molar-refractivity contribution in [1.29, 1.82) is 0 Å². The van der Waals surface area contributed by atoms with Crippen molar-refractivity contribution in [3.8, 4) is 0 Å². The highest BCUT2D eigenvalue weighted by atomic mass is 79.9. The fourth-order valence-corrected chi connectivity index (χ4v) is 2.67. The average molecular weight is 330 g/mol. The van der Waals surface area contributed by atoms with Crippen molar-refractivity contribution in [3.05, 3.63) is 51.5 Å². The van der Waals surface area contributed by atoms with E-state index in [-0.39, 0.29) is 6.04 Å². The molecule has 0 amide bonds. The van der Waals surface area contributed by atoms with Crippen LogP contribution in [0.2, 0.25) is 5.02 Å². The molecule has 1 aromatic heterocycles. The Bertz CT molecular complexity index is 541. The topological polar surface area (TPSA) is 55.9 Å². The third kappa shape index (κ3) is 2.59. The van der Waals surface area contributed by atoms with Crippen LogP contribution in [-0.2, 0) is 6.54 Å². The minimum Gasteiger partial charge on any atom is -0.334 e. The number of nitrogens with two attached hydrogens (primary N) is 1. The van der Waals surface area contributed by atoms with Gasteiger partial charge in [-0.05, 0) is 24.6 Å². The molecular formula is C12H14BrClN4. The Morgan fingerprint density at radius 2 is 2.33 bits per heavy atom. The molecule has 3 N–H and O–H groups in total. The van der Waals surface area contributed by atoms with E-state index in [1.807, 2.05) is 29.0 Å². The van der Waals surface area contributed by atoms with Gasteiger partial charge in [-0.1, -0.05) is 33.6 Å². The number of rotatable bonds is 4. The van der Waals surface area contributed by atoms with Crippen LogP contribution in [-0.4, -0.2) is 9.55 Å². The number of halogens is 2. The fraction of sp³-hybridized carbons (Fsp3) is 0.250. The minimum absolute atomic E-state index is 0.222. The Balaban J connectivity index is 2.45. The molecule has 0 saturated heterocycles. The summed E-state index contributed by atoms with van der Waals surface area (Å²) >= 11 is 9.64. The largest absolute Gasteiger partial charge is 0.334 e. The molecule has 1 unspecified atom stereocenters. The maximum atomic E-state index is 6.25. The summed E-state index contributed by atoms with van der Waals surface area (Å²) in [5, 5.41) is 0.651. The molecule has 0 aliphatic rings. The number of hydrogen-bond donors (Lipinski definition) is 2. The van der Waals surface area contributed by atoms with Crippen LogP contribution < -0.4 is 11.3 Å². The van der Waals surface area contributed by atoms with Crippen molar-refractivity contribution >= 4 is 27.5 Å². The average Bonchev–Trinajstić information content (AvgIpc) is 2.81. The van der Waals surface area contributed by atoms with Gasteiger partial charge in [0.05, 0.1) is 0 Å². The van der Waals surface area contributed by atoms with E-state index in [0.29, 0.717) is 5.02 Å². The first-order valence-electron chi connectivity index (χ1n) is 5.59. The van der Waals surface area contributed by atoms with E-state index >= 15 is 0 Å². The number of aryl methyl sites for hydroxylation is 1. The molecule has 0 saturated carbocycles. The number of benzene rings is 1. The molecule has 6 heteroatoms. The van der Waals surface area contributed by atoms with E-state index in [1.54, 1.807) is 6.20 Å². The third-order valence-corrected chi connectivity index (χ3v) is 3.61. The molecular weight excluding hydrogens is 316 g/mol. The number of aromatic nitrogens is 2. The molecule has 96 valence electrons. The molecule has 0 aliphatic heterocycles. The smallest absolute Gasteiger partial charge is 0.131 e. The van der Waals surface area contributed by atoms with Crippen molar-refractivity contribution in [1.82, 2.24) is 15.0 Å². The summed E-state index contributed by atoms with van der Waals surface area (Å²) in [5.41, 5.74) is 3.68. The Morgan fingerprint density at radius 1 is 1.56 bits per heavy atom. The van der Waals surface area contributed by atoms with Crippen molar-refractivity contribution in [2.24, 2.45) is 5.84 Å². The maximum absolute atomic E-state index is 6.25. The van der Waals surface area contributed by atoms with E-state index in [1.165, 1.54) is 0 Å². The molecule has 0 bridgehead atoms. The van der Waals surface area contributed by atoms with Gasteiger partial charge in [-0.25, -0.2) is 10.4 Å². The lowest BCUT2D eigenvalue weighted by Crippen LogP contribution is -2.31. The van der Waals surface area contributed by atoms with Crippen molar-refractivity contribution in [3.63, 3.8) is 0 Å². The second-order valence-electron chi connectivity index (χ2n) is 3.84. The molecule has 4 nitrogen and oxygen atoms in total. The van der Waals surface area contributed by atoms with Gasteiger partial charge in [-0.3, -0.25) is 5.84 Å². The zero-order chi connectivity index (χ0) is 13.1. The molecule has 1 atom stereocenters. The molecule has 0 aliphatic carbocycles. The van der Waals surface area contributed by atoms with Gasteiger partial charge in [0.15, 0.2) is 0 Å². The van der Waals surface area contributed by atoms with Crippen LogP contribution in [0.5, 0.6) is 0 Å². The van der Waals surface area contributed by atoms with E-state index in [2.05, 4.69) is 33.3 Å². The standard InChI is InChI=1S/C12H14BrClN4/c1-2-18-6-5-16-12(18)11(17-15)9-4-3-8(13)7-10(9)14/h3-7,11,17H,2,15H2,1H3. The summed E-state index contributed by atoms with van der Waals surface area (Å²) in [6, 6.07) is 5.50. The molecule has 1 heterocycles. The van der Waals surface area contributed by atoms with E-state index < -0.39 is 0 Å². The number of hydrazine groups is 1. The van der Waals surface area contributed by atoms with Gasteiger partial charge in [0.25, 0.3) is 0 Å². The van der Waals surface area contributed by atoms with Crippen LogP contribution in [0.25, 0.3) is 0 Å². The Morgan fingerprint density at radius 3 is 2.94 bits per heavy atom. The first-order valence-corrected chi connectivity index (χ1v) is 6.76. The summed E-state index contributed by atoms with van der Waals surface area (Å²) in [4.78, 5) is 4.35. The van der Waals surface area contributed by atoms with Gasteiger partial charge in [0, 0.05) is 28.4 Å². The Hall–Kier alpha value is -0.880. The number of nitrogens with zero attached hydrogens (tertiary/aromatic N) is 2. The van der Waals surface area contributed by atoms with Crippen molar-refractivity contribution < 1.29 is 0 Å². The number of imidazole rings is 1. The minimum atomic E-state index is -0.222. The number of hydrogen-bond acceptors (Lipinski definition) is 3. The zero-order valence-corrected chi connectivity index (χ0v) is 12.2. The molecule has 1 aromatic carbocycles. The molecule has 0 fully saturated rings. The first kappa shape index (κ1) is 13.5. The Kier molecular flexibility index (Phi) is 4.40. The SMILES string of the molecule is CCn1ccnc1C(NN)c1ccc(Br)cc1Cl. The summed E-state index contributed by atoms with van der Waals surface area (Å²) in [6.07, 6.45) is 3.68. The third-order valence-electron chi connectivity index (χ3n) is 2.79. The summed E-state index contributed by atoms with van der Waals surface area (Å²) < 4.78 is 2.97. The van der Waals surface area contributed by atoms with Gasteiger partial charge in [-0.2, -0.15) is 0 Å². The highest BCUT2D eigenvalue weighted by molar-refractivity contribution is 9.10.